The fraction of sp³-hybridized carbons (Fsp3) is 0.588. The fourth-order valence-corrected chi connectivity index (χ4v) is 2.72. The Labute approximate surface area is 122 Å². The molecule has 3 heteroatoms. The van der Waals surface area contributed by atoms with Crippen molar-refractivity contribution in [1.82, 2.24) is 10.2 Å². The van der Waals surface area contributed by atoms with Gasteiger partial charge in [-0.05, 0) is 70.4 Å². The first-order valence-corrected chi connectivity index (χ1v) is 7.53. The molecule has 1 fully saturated rings. The summed E-state index contributed by atoms with van der Waals surface area (Å²) in [5.41, 5.74) is 3.76. The molecule has 3 nitrogen and oxygen atoms in total. The third-order valence-corrected chi connectivity index (χ3v) is 4.48. The summed E-state index contributed by atoms with van der Waals surface area (Å²) in [5.74, 6) is 0.393. The van der Waals surface area contributed by atoms with Crippen LogP contribution in [0.4, 0.5) is 0 Å². The number of hydrogen-bond acceptors (Lipinski definition) is 2. The Morgan fingerprint density at radius 3 is 2.50 bits per heavy atom. The van der Waals surface area contributed by atoms with Crippen LogP contribution in [0.25, 0.3) is 0 Å². The van der Waals surface area contributed by atoms with Crippen LogP contribution in [0.2, 0.25) is 0 Å². The van der Waals surface area contributed by atoms with E-state index in [4.69, 9.17) is 0 Å². The lowest BCUT2D eigenvalue weighted by Crippen LogP contribution is -2.39. The van der Waals surface area contributed by atoms with E-state index in [0.717, 1.165) is 25.9 Å². The van der Waals surface area contributed by atoms with Gasteiger partial charge in [-0.1, -0.05) is 18.2 Å². The second-order valence-corrected chi connectivity index (χ2v) is 6.15. The maximum atomic E-state index is 12.3. The van der Waals surface area contributed by atoms with Crippen molar-refractivity contribution in [2.24, 2.45) is 5.92 Å². The number of nitrogens with zero attached hydrogens (tertiary/aromatic N) is 1. The number of nitrogens with one attached hydrogen (secondary N) is 1. The highest BCUT2D eigenvalue weighted by Crippen LogP contribution is 2.20. The molecule has 0 aromatic heterocycles. The topological polar surface area (TPSA) is 32.3 Å². The van der Waals surface area contributed by atoms with Crippen LogP contribution >= 0.6 is 0 Å². The van der Waals surface area contributed by atoms with E-state index in [9.17, 15) is 4.79 Å². The highest BCUT2D eigenvalue weighted by atomic mass is 16.1. The lowest BCUT2D eigenvalue weighted by Gasteiger charge is -2.29. The molecule has 0 bridgehead atoms. The summed E-state index contributed by atoms with van der Waals surface area (Å²) in [6.45, 7) is 8.34. The molecule has 1 saturated heterocycles. The maximum absolute atomic E-state index is 12.3. The third-order valence-electron chi connectivity index (χ3n) is 4.48. The van der Waals surface area contributed by atoms with Crippen LogP contribution in [-0.4, -0.2) is 30.9 Å². The van der Waals surface area contributed by atoms with Gasteiger partial charge in [0.1, 0.15) is 0 Å². The number of carbonyl (C=O) groups excluding carboxylic acids is 1. The molecule has 1 heterocycles. The second kappa shape index (κ2) is 6.40. The Balaban J connectivity index is 1.95. The molecule has 1 aliphatic heterocycles. The normalized spacial score (nSPS) is 18.8. The van der Waals surface area contributed by atoms with Gasteiger partial charge in [-0.15, -0.1) is 0 Å². The van der Waals surface area contributed by atoms with Gasteiger partial charge >= 0.3 is 0 Å². The van der Waals surface area contributed by atoms with Crippen LogP contribution in [-0.2, 0) is 4.79 Å². The van der Waals surface area contributed by atoms with Crippen molar-refractivity contribution in [3.8, 4) is 0 Å². The quantitative estimate of drug-likeness (QED) is 0.919. The van der Waals surface area contributed by atoms with E-state index in [1.165, 1.54) is 16.7 Å². The molecule has 20 heavy (non-hydrogen) atoms. The van der Waals surface area contributed by atoms with Gasteiger partial charge in [0, 0.05) is 5.92 Å². The summed E-state index contributed by atoms with van der Waals surface area (Å²) in [4.78, 5) is 14.6. The van der Waals surface area contributed by atoms with E-state index in [2.05, 4.69) is 56.2 Å². The summed E-state index contributed by atoms with van der Waals surface area (Å²) in [6, 6.07) is 6.50. The van der Waals surface area contributed by atoms with E-state index in [0.29, 0.717) is 0 Å². The van der Waals surface area contributed by atoms with Gasteiger partial charge in [-0.3, -0.25) is 4.79 Å². The van der Waals surface area contributed by atoms with Crippen molar-refractivity contribution >= 4 is 5.91 Å². The average molecular weight is 274 g/mol. The zero-order valence-corrected chi connectivity index (χ0v) is 13.1. The van der Waals surface area contributed by atoms with Gasteiger partial charge in [0.2, 0.25) is 5.91 Å². The molecule has 0 unspecified atom stereocenters. The Kier molecular flexibility index (Phi) is 4.81. The highest BCUT2D eigenvalue weighted by Gasteiger charge is 2.24. The van der Waals surface area contributed by atoms with Crippen molar-refractivity contribution in [1.29, 1.82) is 0 Å². The first-order chi connectivity index (χ1) is 9.47. The molecule has 0 spiro atoms. The van der Waals surface area contributed by atoms with E-state index in [-0.39, 0.29) is 17.9 Å². The van der Waals surface area contributed by atoms with Crippen molar-refractivity contribution in [2.45, 2.75) is 39.7 Å². The smallest absolute Gasteiger partial charge is 0.223 e. The lowest BCUT2D eigenvalue weighted by molar-refractivity contribution is -0.127. The van der Waals surface area contributed by atoms with Gasteiger partial charge < -0.3 is 10.2 Å². The van der Waals surface area contributed by atoms with Crippen molar-refractivity contribution in [3.05, 3.63) is 34.9 Å². The van der Waals surface area contributed by atoms with Crippen molar-refractivity contribution < 1.29 is 4.79 Å². The molecule has 0 radical (unpaired) electrons. The molecule has 1 aromatic rings. The van der Waals surface area contributed by atoms with Crippen LogP contribution < -0.4 is 5.32 Å². The fourth-order valence-electron chi connectivity index (χ4n) is 2.72. The van der Waals surface area contributed by atoms with Gasteiger partial charge in [0.25, 0.3) is 0 Å². The van der Waals surface area contributed by atoms with Gasteiger partial charge in [-0.2, -0.15) is 0 Å². The molecule has 1 N–H and O–H groups in total. The summed E-state index contributed by atoms with van der Waals surface area (Å²) < 4.78 is 0. The number of aryl methyl sites for hydroxylation is 2. The van der Waals surface area contributed by atoms with E-state index in [1.54, 1.807) is 0 Å². The number of piperidine rings is 1. The highest BCUT2D eigenvalue weighted by molar-refractivity contribution is 5.79. The Morgan fingerprint density at radius 2 is 1.90 bits per heavy atom. The molecule has 0 saturated carbocycles. The molecule has 1 aliphatic rings. The van der Waals surface area contributed by atoms with Gasteiger partial charge in [0.05, 0.1) is 6.04 Å². The van der Waals surface area contributed by atoms with Crippen LogP contribution in [0.3, 0.4) is 0 Å². The standard InChI is InChI=1S/C17H26N2O/c1-12-5-6-16(11-13(12)2)14(3)18-17(20)15-7-9-19(4)10-8-15/h5-6,11,14-15H,7-10H2,1-4H3,(H,18,20)/t14-/m1/s1. The second-order valence-electron chi connectivity index (χ2n) is 6.15. The van der Waals surface area contributed by atoms with Gasteiger partial charge in [0.15, 0.2) is 0 Å². The predicted octanol–water partition coefficient (Wildman–Crippen LogP) is 2.82. The molecule has 0 aliphatic carbocycles. The van der Waals surface area contributed by atoms with Crippen LogP contribution in [0.1, 0.15) is 42.5 Å². The van der Waals surface area contributed by atoms with Crippen molar-refractivity contribution in [2.75, 3.05) is 20.1 Å². The summed E-state index contributed by atoms with van der Waals surface area (Å²) in [6.07, 6.45) is 1.95. The number of likely N-dealkylation sites (tertiary alicyclic amines) is 1. The Hall–Kier alpha value is -1.35. The number of hydrogen-bond donors (Lipinski definition) is 1. The minimum atomic E-state index is 0.0847. The monoisotopic (exact) mass is 274 g/mol. The zero-order valence-electron chi connectivity index (χ0n) is 13.1. The molecule has 1 aromatic carbocycles. The van der Waals surface area contributed by atoms with E-state index >= 15 is 0 Å². The van der Waals surface area contributed by atoms with Gasteiger partial charge in [-0.25, -0.2) is 0 Å². The minimum Gasteiger partial charge on any atom is -0.349 e. The lowest BCUT2D eigenvalue weighted by atomic mass is 9.95. The first kappa shape index (κ1) is 15.0. The number of rotatable bonds is 3. The number of benzene rings is 1. The van der Waals surface area contributed by atoms with Crippen molar-refractivity contribution in [3.63, 3.8) is 0 Å². The summed E-state index contributed by atoms with van der Waals surface area (Å²) in [5, 5.41) is 3.17. The van der Waals surface area contributed by atoms with Crippen LogP contribution in [0.15, 0.2) is 18.2 Å². The minimum absolute atomic E-state index is 0.0847. The van der Waals surface area contributed by atoms with E-state index < -0.39 is 0 Å². The summed E-state index contributed by atoms with van der Waals surface area (Å²) >= 11 is 0. The first-order valence-electron chi connectivity index (χ1n) is 7.53. The molecular formula is C17H26N2O. The predicted molar refractivity (Wildman–Crippen MR) is 82.7 cm³/mol. The van der Waals surface area contributed by atoms with Crippen LogP contribution in [0.5, 0.6) is 0 Å². The Bertz CT molecular complexity index is 476. The molecule has 1 atom stereocenters. The zero-order chi connectivity index (χ0) is 14.7. The van der Waals surface area contributed by atoms with E-state index in [1.807, 2.05) is 0 Å². The molecule has 1 amide bonds. The number of carbonyl (C=O) groups is 1. The third kappa shape index (κ3) is 3.60. The maximum Gasteiger partial charge on any atom is 0.223 e. The Morgan fingerprint density at radius 1 is 1.25 bits per heavy atom. The average Bonchev–Trinajstić information content (AvgIpc) is 2.42. The number of amides is 1. The molecule has 110 valence electrons. The summed E-state index contributed by atoms with van der Waals surface area (Å²) in [7, 11) is 2.12. The SMILES string of the molecule is Cc1ccc([C@@H](C)NC(=O)C2CCN(C)CC2)cc1C. The van der Waals surface area contributed by atoms with Crippen LogP contribution in [0, 0.1) is 19.8 Å². The molecule has 2 rings (SSSR count). The molecular weight excluding hydrogens is 248 g/mol. The largest absolute Gasteiger partial charge is 0.349 e.